The van der Waals surface area contributed by atoms with Crippen molar-refractivity contribution >= 4 is 17.3 Å². The Morgan fingerprint density at radius 3 is 2.71 bits per heavy atom. The summed E-state index contributed by atoms with van der Waals surface area (Å²) in [7, 11) is 0. The third-order valence-corrected chi connectivity index (χ3v) is 1.49. The highest BCUT2D eigenvalue weighted by Gasteiger charge is 2.13. The first-order valence-corrected chi connectivity index (χ1v) is 3.75. The van der Waals surface area contributed by atoms with Gasteiger partial charge in [0.15, 0.2) is 5.75 Å². The molecule has 0 bridgehead atoms. The van der Waals surface area contributed by atoms with E-state index in [-0.39, 0.29) is 11.6 Å². The lowest BCUT2D eigenvalue weighted by Gasteiger charge is -2.02. The van der Waals surface area contributed by atoms with Crippen molar-refractivity contribution in [2.24, 2.45) is 0 Å². The van der Waals surface area contributed by atoms with Crippen molar-refractivity contribution in [2.75, 3.05) is 5.32 Å². The lowest BCUT2D eigenvalue weighted by atomic mass is 10.2. The van der Waals surface area contributed by atoms with Crippen molar-refractivity contribution in [3.8, 4) is 5.75 Å². The molecule has 0 heterocycles. The van der Waals surface area contributed by atoms with Crippen LogP contribution in [0.5, 0.6) is 5.75 Å². The lowest BCUT2D eigenvalue weighted by molar-refractivity contribution is -0.385. The second-order valence-corrected chi connectivity index (χ2v) is 2.64. The highest BCUT2D eigenvalue weighted by atomic mass is 16.6. The minimum atomic E-state index is -0.722. The van der Waals surface area contributed by atoms with Gasteiger partial charge in [0.1, 0.15) is 0 Å². The molecule has 0 aliphatic heterocycles. The Morgan fingerprint density at radius 2 is 2.21 bits per heavy atom. The van der Waals surface area contributed by atoms with Gasteiger partial charge in [0.2, 0.25) is 5.91 Å². The van der Waals surface area contributed by atoms with Crippen LogP contribution in [0.2, 0.25) is 0 Å². The van der Waals surface area contributed by atoms with E-state index in [2.05, 4.69) is 5.32 Å². The second kappa shape index (κ2) is 3.73. The van der Waals surface area contributed by atoms with Gasteiger partial charge in [-0.3, -0.25) is 14.9 Å². The summed E-state index contributed by atoms with van der Waals surface area (Å²) >= 11 is 0. The average Bonchev–Trinajstić information content (AvgIpc) is 2.07. The molecule has 14 heavy (non-hydrogen) atoms. The standard InChI is InChI=1S/C8H8N2O4/c1-5(11)9-6-2-3-8(12)7(4-6)10(13)14/h2-4,12H,1H3,(H,9,11). The van der Waals surface area contributed by atoms with E-state index in [9.17, 15) is 14.9 Å². The van der Waals surface area contributed by atoms with E-state index in [1.54, 1.807) is 0 Å². The number of rotatable bonds is 2. The molecule has 1 amide bonds. The van der Waals surface area contributed by atoms with E-state index in [0.29, 0.717) is 0 Å². The Bertz CT molecular complexity index is 389. The molecule has 6 nitrogen and oxygen atoms in total. The summed E-state index contributed by atoms with van der Waals surface area (Å²) in [5, 5.41) is 21.9. The van der Waals surface area contributed by atoms with E-state index in [1.165, 1.54) is 13.0 Å². The van der Waals surface area contributed by atoms with Crippen molar-refractivity contribution in [1.29, 1.82) is 0 Å². The van der Waals surface area contributed by atoms with Crippen molar-refractivity contribution in [2.45, 2.75) is 6.92 Å². The maximum absolute atomic E-state index is 10.6. The monoisotopic (exact) mass is 196 g/mol. The van der Waals surface area contributed by atoms with E-state index in [1.807, 2.05) is 0 Å². The number of hydrogen-bond donors (Lipinski definition) is 2. The third kappa shape index (κ3) is 2.19. The summed E-state index contributed by atoms with van der Waals surface area (Å²) < 4.78 is 0. The Balaban J connectivity index is 3.06. The molecule has 0 aliphatic rings. The lowest BCUT2D eigenvalue weighted by Crippen LogP contribution is -2.05. The van der Waals surface area contributed by atoms with Crippen molar-refractivity contribution < 1.29 is 14.8 Å². The maximum Gasteiger partial charge on any atom is 0.312 e. The number of nitro groups is 1. The van der Waals surface area contributed by atoms with Crippen LogP contribution in [0, 0.1) is 10.1 Å². The Hall–Kier alpha value is -2.11. The number of hydrogen-bond acceptors (Lipinski definition) is 4. The molecular formula is C8H8N2O4. The fourth-order valence-corrected chi connectivity index (χ4v) is 0.951. The van der Waals surface area contributed by atoms with Crippen molar-refractivity contribution in [3.05, 3.63) is 28.3 Å². The van der Waals surface area contributed by atoms with Crippen LogP contribution in [-0.4, -0.2) is 15.9 Å². The van der Waals surface area contributed by atoms with Crippen LogP contribution in [0.4, 0.5) is 11.4 Å². The first kappa shape index (κ1) is 9.97. The summed E-state index contributed by atoms with van der Waals surface area (Å²) in [4.78, 5) is 20.3. The zero-order valence-electron chi connectivity index (χ0n) is 7.35. The molecule has 0 spiro atoms. The van der Waals surface area contributed by atoms with Gasteiger partial charge in [-0.2, -0.15) is 0 Å². The molecule has 0 saturated heterocycles. The van der Waals surface area contributed by atoms with Crippen LogP contribution in [0.15, 0.2) is 18.2 Å². The van der Waals surface area contributed by atoms with Crippen LogP contribution in [0.1, 0.15) is 6.92 Å². The minimum Gasteiger partial charge on any atom is -0.502 e. The number of carbonyl (C=O) groups is 1. The average molecular weight is 196 g/mol. The Labute approximate surface area is 79.3 Å². The second-order valence-electron chi connectivity index (χ2n) is 2.64. The van der Waals surface area contributed by atoms with Gasteiger partial charge in [-0.15, -0.1) is 0 Å². The molecule has 6 heteroatoms. The summed E-state index contributed by atoms with van der Waals surface area (Å²) in [5.41, 5.74) is -0.154. The zero-order valence-corrected chi connectivity index (χ0v) is 7.35. The molecule has 0 fully saturated rings. The van der Waals surface area contributed by atoms with E-state index in [4.69, 9.17) is 5.11 Å². The minimum absolute atomic E-state index is 0.280. The molecular weight excluding hydrogens is 188 g/mol. The molecule has 0 radical (unpaired) electrons. The number of amides is 1. The molecule has 0 unspecified atom stereocenters. The van der Waals surface area contributed by atoms with Crippen molar-refractivity contribution in [1.82, 2.24) is 0 Å². The number of nitrogens with one attached hydrogen (secondary N) is 1. The van der Waals surface area contributed by atoms with Gasteiger partial charge in [-0.05, 0) is 12.1 Å². The van der Waals surface area contributed by atoms with Gasteiger partial charge in [-0.1, -0.05) is 0 Å². The summed E-state index contributed by atoms with van der Waals surface area (Å²) in [6.45, 7) is 1.29. The van der Waals surface area contributed by atoms with Gasteiger partial charge in [0.05, 0.1) is 4.92 Å². The Kier molecular flexibility index (Phi) is 2.66. The number of phenols is 1. The predicted molar refractivity (Wildman–Crippen MR) is 49.1 cm³/mol. The number of carbonyl (C=O) groups excluding carboxylic acids is 1. The van der Waals surface area contributed by atoms with Crippen LogP contribution in [0.25, 0.3) is 0 Å². The molecule has 0 saturated carbocycles. The molecule has 1 aromatic rings. The highest BCUT2D eigenvalue weighted by Crippen LogP contribution is 2.28. The van der Waals surface area contributed by atoms with Gasteiger partial charge < -0.3 is 10.4 Å². The van der Waals surface area contributed by atoms with Gasteiger partial charge in [-0.25, -0.2) is 0 Å². The van der Waals surface area contributed by atoms with E-state index < -0.39 is 16.4 Å². The van der Waals surface area contributed by atoms with Gasteiger partial charge >= 0.3 is 5.69 Å². The first-order valence-electron chi connectivity index (χ1n) is 3.75. The molecule has 0 atom stereocenters. The molecule has 0 aliphatic carbocycles. The van der Waals surface area contributed by atoms with E-state index in [0.717, 1.165) is 12.1 Å². The molecule has 2 N–H and O–H groups in total. The highest BCUT2D eigenvalue weighted by molar-refractivity contribution is 5.89. The smallest absolute Gasteiger partial charge is 0.312 e. The first-order chi connectivity index (χ1) is 6.50. The number of aromatic hydroxyl groups is 1. The molecule has 0 aromatic heterocycles. The SMILES string of the molecule is CC(=O)Nc1ccc(O)c([N+](=O)[O-])c1. The molecule has 1 rings (SSSR count). The number of anilines is 1. The van der Waals surface area contributed by atoms with Gasteiger partial charge in [0, 0.05) is 18.7 Å². The van der Waals surface area contributed by atoms with E-state index >= 15 is 0 Å². The summed E-state index contributed by atoms with van der Waals surface area (Å²) in [6, 6.07) is 3.63. The molecule has 74 valence electrons. The Morgan fingerprint density at radius 1 is 1.57 bits per heavy atom. The third-order valence-electron chi connectivity index (χ3n) is 1.49. The molecule has 1 aromatic carbocycles. The maximum atomic E-state index is 10.6. The fraction of sp³-hybridized carbons (Fsp3) is 0.125. The van der Waals surface area contributed by atoms with Crippen LogP contribution in [-0.2, 0) is 4.79 Å². The predicted octanol–water partition coefficient (Wildman–Crippen LogP) is 1.26. The zero-order chi connectivity index (χ0) is 10.7. The number of phenolic OH excluding ortho intramolecular Hbond substituents is 1. The quantitative estimate of drug-likeness (QED) is 0.423. The largest absolute Gasteiger partial charge is 0.502 e. The number of benzene rings is 1. The topological polar surface area (TPSA) is 92.5 Å². The van der Waals surface area contributed by atoms with Crippen molar-refractivity contribution in [3.63, 3.8) is 0 Å². The fourth-order valence-electron chi connectivity index (χ4n) is 0.951. The summed E-state index contributed by atoms with van der Waals surface area (Å²) in [6.07, 6.45) is 0. The summed E-state index contributed by atoms with van der Waals surface area (Å²) in [5.74, 6) is -0.755. The normalized spacial score (nSPS) is 9.50. The number of nitro benzene ring substituents is 1. The van der Waals surface area contributed by atoms with Crippen LogP contribution in [0.3, 0.4) is 0 Å². The van der Waals surface area contributed by atoms with Crippen LogP contribution >= 0.6 is 0 Å². The number of nitrogens with zero attached hydrogens (tertiary/aromatic N) is 1. The van der Waals surface area contributed by atoms with Crippen LogP contribution < -0.4 is 5.32 Å². The van der Waals surface area contributed by atoms with Gasteiger partial charge in [0.25, 0.3) is 0 Å².